The summed E-state index contributed by atoms with van der Waals surface area (Å²) in [6, 6.07) is 16.2. The van der Waals surface area contributed by atoms with Gasteiger partial charge in [-0.2, -0.15) is 0 Å². The van der Waals surface area contributed by atoms with Crippen LogP contribution < -0.4 is 0 Å². The van der Waals surface area contributed by atoms with Gasteiger partial charge in [0.1, 0.15) is 6.61 Å². The highest BCUT2D eigenvalue weighted by Gasteiger charge is 2.18. The molecule has 4 rings (SSSR count). The van der Waals surface area contributed by atoms with E-state index in [-0.39, 0.29) is 5.97 Å². The fraction of sp³-hybridized carbons (Fsp3) is 0.375. The average molecular weight is 377 g/mol. The van der Waals surface area contributed by atoms with Crippen molar-refractivity contribution < 1.29 is 9.53 Å². The standard InChI is InChI=1S/C24H28N2O2/c1-18-23(24(27)28-17-20-8-4-2-5-9-20)21-16-19(10-11-22(21)25-18)12-15-26-13-6-3-7-14-26/h2,4-5,8-11,16,25H,3,6-7,12-15,17H2,1H3. The number of aromatic nitrogens is 1. The predicted molar refractivity (Wildman–Crippen MR) is 113 cm³/mol. The number of hydrogen-bond acceptors (Lipinski definition) is 3. The lowest BCUT2D eigenvalue weighted by Gasteiger charge is -2.26. The van der Waals surface area contributed by atoms with Gasteiger partial charge in [-0.05, 0) is 62.5 Å². The summed E-state index contributed by atoms with van der Waals surface area (Å²) in [6.45, 7) is 5.74. The molecule has 146 valence electrons. The lowest BCUT2D eigenvalue weighted by molar-refractivity contribution is 0.0474. The molecule has 1 aliphatic rings. The Labute approximate surface area is 166 Å². The molecule has 0 atom stereocenters. The van der Waals surface area contributed by atoms with E-state index < -0.39 is 0 Å². The van der Waals surface area contributed by atoms with E-state index in [1.807, 2.05) is 37.3 Å². The van der Waals surface area contributed by atoms with Gasteiger partial charge in [-0.3, -0.25) is 0 Å². The van der Waals surface area contributed by atoms with Crippen LogP contribution >= 0.6 is 0 Å². The number of ether oxygens (including phenoxy) is 1. The van der Waals surface area contributed by atoms with E-state index in [0.29, 0.717) is 12.2 Å². The van der Waals surface area contributed by atoms with Crippen molar-refractivity contribution in [3.05, 3.63) is 70.9 Å². The third kappa shape index (κ3) is 4.28. The van der Waals surface area contributed by atoms with Crippen molar-refractivity contribution in [1.29, 1.82) is 0 Å². The first kappa shape index (κ1) is 18.8. The molecule has 1 N–H and O–H groups in total. The van der Waals surface area contributed by atoms with Gasteiger partial charge in [-0.15, -0.1) is 0 Å². The highest BCUT2D eigenvalue weighted by atomic mass is 16.5. The van der Waals surface area contributed by atoms with Crippen LogP contribution in [0.3, 0.4) is 0 Å². The first-order valence-corrected chi connectivity index (χ1v) is 10.3. The van der Waals surface area contributed by atoms with Crippen LogP contribution in [0, 0.1) is 6.92 Å². The van der Waals surface area contributed by atoms with E-state index in [9.17, 15) is 4.79 Å². The van der Waals surface area contributed by atoms with Crippen LogP contribution in [0.2, 0.25) is 0 Å². The van der Waals surface area contributed by atoms with E-state index in [1.54, 1.807) is 0 Å². The second-order valence-electron chi connectivity index (χ2n) is 7.72. The number of rotatable bonds is 6. The molecule has 4 nitrogen and oxygen atoms in total. The summed E-state index contributed by atoms with van der Waals surface area (Å²) in [7, 11) is 0. The van der Waals surface area contributed by atoms with Crippen LogP contribution in [-0.4, -0.2) is 35.5 Å². The van der Waals surface area contributed by atoms with Crippen molar-refractivity contribution in [3.8, 4) is 0 Å². The molecule has 0 amide bonds. The van der Waals surface area contributed by atoms with E-state index >= 15 is 0 Å². The third-order valence-electron chi connectivity index (χ3n) is 5.63. The van der Waals surface area contributed by atoms with Crippen molar-refractivity contribution in [2.75, 3.05) is 19.6 Å². The topological polar surface area (TPSA) is 45.3 Å². The normalized spacial score (nSPS) is 15.0. The zero-order valence-electron chi connectivity index (χ0n) is 16.5. The second kappa shape index (κ2) is 8.61. The summed E-state index contributed by atoms with van der Waals surface area (Å²) >= 11 is 0. The van der Waals surface area contributed by atoms with Crippen molar-refractivity contribution in [3.63, 3.8) is 0 Å². The number of likely N-dealkylation sites (tertiary alicyclic amines) is 1. The average Bonchev–Trinajstić information content (AvgIpc) is 3.07. The molecular formula is C24H28N2O2. The SMILES string of the molecule is Cc1[nH]c2ccc(CCN3CCCCC3)cc2c1C(=O)OCc1ccccc1. The van der Waals surface area contributed by atoms with Gasteiger partial charge in [-0.1, -0.05) is 42.8 Å². The number of nitrogens with zero attached hydrogens (tertiary/aromatic N) is 1. The minimum Gasteiger partial charge on any atom is -0.457 e. The number of fused-ring (bicyclic) bond motifs is 1. The highest BCUT2D eigenvalue weighted by Crippen LogP contribution is 2.25. The molecule has 1 saturated heterocycles. The number of carbonyl (C=O) groups excluding carboxylic acids is 1. The number of hydrogen-bond donors (Lipinski definition) is 1. The Kier molecular flexibility index (Phi) is 5.77. The molecule has 1 aromatic heterocycles. The molecular weight excluding hydrogens is 348 g/mol. The smallest absolute Gasteiger partial charge is 0.340 e. The summed E-state index contributed by atoms with van der Waals surface area (Å²) < 4.78 is 5.59. The van der Waals surface area contributed by atoms with Crippen LogP contribution in [0.4, 0.5) is 0 Å². The third-order valence-corrected chi connectivity index (χ3v) is 5.63. The van der Waals surface area contributed by atoms with Gasteiger partial charge < -0.3 is 14.6 Å². The Hall–Kier alpha value is -2.59. The molecule has 2 aromatic carbocycles. The maximum atomic E-state index is 12.8. The molecule has 2 heterocycles. The first-order valence-electron chi connectivity index (χ1n) is 10.3. The van der Waals surface area contributed by atoms with Crippen molar-refractivity contribution in [2.24, 2.45) is 0 Å². The van der Waals surface area contributed by atoms with Gasteiger partial charge in [0.15, 0.2) is 0 Å². The maximum absolute atomic E-state index is 12.8. The van der Waals surface area contributed by atoms with Gasteiger partial charge in [0.25, 0.3) is 0 Å². The summed E-state index contributed by atoms with van der Waals surface area (Å²) in [5.41, 5.74) is 4.78. The molecule has 0 aliphatic carbocycles. The van der Waals surface area contributed by atoms with Crippen LogP contribution in [0.5, 0.6) is 0 Å². The molecule has 28 heavy (non-hydrogen) atoms. The number of aryl methyl sites for hydroxylation is 1. The van der Waals surface area contributed by atoms with Gasteiger partial charge >= 0.3 is 5.97 Å². The largest absolute Gasteiger partial charge is 0.457 e. The Morgan fingerprint density at radius 3 is 2.61 bits per heavy atom. The van der Waals surface area contributed by atoms with Gasteiger partial charge in [0.05, 0.1) is 5.56 Å². The fourth-order valence-corrected chi connectivity index (χ4v) is 4.06. The van der Waals surface area contributed by atoms with Crippen molar-refractivity contribution >= 4 is 16.9 Å². The highest BCUT2D eigenvalue weighted by molar-refractivity contribution is 6.05. The Morgan fingerprint density at radius 2 is 1.82 bits per heavy atom. The second-order valence-corrected chi connectivity index (χ2v) is 7.72. The summed E-state index contributed by atoms with van der Waals surface area (Å²) in [5, 5.41) is 0.965. The number of H-pyrrole nitrogens is 1. The van der Waals surface area contributed by atoms with Crippen LogP contribution in [0.15, 0.2) is 48.5 Å². The number of nitrogens with one attached hydrogen (secondary N) is 1. The number of aromatic amines is 1. The molecule has 0 unspecified atom stereocenters. The Bertz CT molecular complexity index is 940. The zero-order chi connectivity index (χ0) is 19.3. The number of benzene rings is 2. The van der Waals surface area contributed by atoms with Gasteiger partial charge in [0, 0.05) is 23.1 Å². The van der Waals surface area contributed by atoms with Gasteiger partial charge in [0.2, 0.25) is 0 Å². The number of piperidine rings is 1. The minimum absolute atomic E-state index is 0.263. The van der Waals surface area contributed by atoms with Crippen molar-refractivity contribution in [2.45, 2.75) is 39.2 Å². The number of esters is 1. The van der Waals surface area contributed by atoms with E-state index in [0.717, 1.165) is 35.1 Å². The molecule has 0 bridgehead atoms. The van der Waals surface area contributed by atoms with Crippen LogP contribution in [0.1, 0.15) is 46.4 Å². The summed E-state index contributed by atoms with van der Waals surface area (Å²) in [6.07, 6.45) is 5.00. The Morgan fingerprint density at radius 1 is 1.04 bits per heavy atom. The fourth-order valence-electron chi connectivity index (χ4n) is 4.06. The Balaban J connectivity index is 1.49. The quantitative estimate of drug-likeness (QED) is 0.625. The van der Waals surface area contributed by atoms with E-state index in [4.69, 9.17) is 4.74 Å². The zero-order valence-corrected chi connectivity index (χ0v) is 16.5. The van der Waals surface area contributed by atoms with Crippen molar-refractivity contribution in [1.82, 2.24) is 9.88 Å². The van der Waals surface area contributed by atoms with E-state index in [2.05, 4.69) is 28.1 Å². The maximum Gasteiger partial charge on any atom is 0.340 e. The van der Waals surface area contributed by atoms with Crippen LogP contribution in [-0.2, 0) is 17.8 Å². The molecule has 0 saturated carbocycles. The van der Waals surface area contributed by atoms with E-state index in [1.165, 1.54) is 37.9 Å². The lowest BCUT2D eigenvalue weighted by atomic mass is 10.0. The molecule has 3 aromatic rings. The first-order chi connectivity index (χ1) is 13.7. The molecule has 0 spiro atoms. The molecule has 1 aliphatic heterocycles. The predicted octanol–water partition coefficient (Wildman–Crippen LogP) is 4.86. The lowest BCUT2D eigenvalue weighted by Crippen LogP contribution is -2.31. The number of carbonyl (C=O) groups is 1. The van der Waals surface area contributed by atoms with Crippen LogP contribution in [0.25, 0.3) is 10.9 Å². The molecule has 4 heteroatoms. The monoisotopic (exact) mass is 376 g/mol. The van der Waals surface area contributed by atoms with Gasteiger partial charge in [-0.25, -0.2) is 4.79 Å². The summed E-state index contributed by atoms with van der Waals surface area (Å²) in [5.74, 6) is -0.263. The minimum atomic E-state index is -0.263. The molecule has 1 fully saturated rings. The summed E-state index contributed by atoms with van der Waals surface area (Å²) in [4.78, 5) is 18.7. The molecule has 0 radical (unpaired) electrons.